The van der Waals surface area contributed by atoms with Gasteiger partial charge in [-0.25, -0.2) is 0 Å². The molecule has 1 N–H and O–H groups in total. The second-order valence-corrected chi connectivity index (χ2v) is 5.79. The van der Waals surface area contributed by atoms with Gasteiger partial charge in [0.25, 0.3) is 0 Å². The third-order valence-electron chi connectivity index (χ3n) is 4.18. The van der Waals surface area contributed by atoms with Gasteiger partial charge in [0.2, 0.25) is 0 Å². The number of rotatable bonds is 4. The fraction of sp³-hybridized carbons (Fsp3) is 1.00. The molecule has 2 atom stereocenters. The van der Waals surface area contributed by atoms with Crippen LogP contribution in [-0.4, -0.2) is 22.9 Å². The van der Waals surface area contributed by atoms with E-state index in [0.717, 1.165) is 38.2 Å². The first-order chi connectivity index (χ1) is 7.05. The molecule has 2 rings (SSSR count). The predicted octanol–water partition coefficient (Wildman–Crippen LogP) is 2.89. The monoisotopic (exact) mass is 212 g/mol. The Balaban J connectivity index is 1.88. The minimum absolute atomic E-state index is 0.0868. The standard InChI is InChI=1S/C13H24O2/c1-3-12(2)10-13(14,8-9-15-12)7-6-11-4-5-11/h11,14H,3-10H2,1-2H3. The summed E-state index contributed by atoms with van der Waals surface area (Å²) in [6.07, 6.45) is 7.62. The lowest BCUT2D eigenvalue weighted by Crippen LogP contribution is -2.47. The van der Waals surface area contributed by atoms with Gasteiger partial charge in [0.1, 0.15) is 0 Å². The average molecular weight is 212 g/mol. The molecule has 2 heteroatoms. The van der Waals surface area contributed by atoms with Crippen LogP contribution < -0.4 is 0 Å². The number of hydrogen-bond donors (Lipinski definition) is 1. The van der Waals surface area contributed by atoms with Gasteiger partial charge in [-0.1, -0.05) is 19.8 Å². The van der Waals surface area contributed by atoms with Gasteiger partial charge in [0.15, 0.2) is 0 Å². The zero-order valence-electron chi connectivity index (χ0n) is 10.1. The van der Waals surface area contributed by atoms with Crippen LogP contribution in [0, 0.1) is 5.92 Å². The highest BCUT2D eigenvalue weighted by Gasteiger charge is 2.41. The Labute approximate surface area is 93.0 Å². The molecule has 1 saturated heterocycles. The molecule has 1 saturated carbocycles. The first-order valence-corrected chi connectivity index (χ1v) is 6.42. The van der Waals surface area contributed by atoms with Crippen LogP contribution in [0.25, 0.3) is 0 Å². The van der Waals surface area contributed by atoms with Crippen LogP contribution in [0.5, 0.6) is 0 Å². The highest BCUT2D eigenvalue weighted by atomic mass is 16.5. The molecule has 15 heavy (non-hydrogen) atoms. The van der Waals surface area contributed by atoms with Gasteiger partial charge in [0, 0.05) is 6.42 Å². The van der Waals surface area contributed by atoms with Gasteiger partial charge < -0.3 is 9.84 Å². The topological polar surface area (TPSA) is 29.5 Å². The van der Waals surface area contributed by atoms with Crippen molar-refractivity contribution in [3.8, 4) is 0 Å². The van der Waals surface area contributed by atoms with Crippen molar-refractivity contribution >= 4 is 0 Å². The molecular formula is C13H24O2. The lowest BCUT2D eigenvalue weighted by atomic mass is 9.79. The number of ether oxygens (including phenoxy) is 1. The Morgan fingerprint density at radius 3 is 2.73 bits per heavy atom. The van der Waals surface area contributed by atoms with E-state index < -0.39 is 5.60 Å². The largest absolute Gasteiger partial charge is 0.390 e. The van der Waals surface area contributed by atoms with Crippen molar-refractivity contribution in [1.82, 2.24) is 0 Å². The molecule has 88 valence electrons. The highest BCUT2D eigenvalue weighted by molar-refractivity contribution is 4.93. The van der Waals surface area contributed by atoms with E-state index in [4.69, 9.17) is 4.74 Å². The lowest BCUT2D eigenvalue weighted by molar-refractivity contribution is -0.156. The molecule has 0 aromatic carbocycles. The maximum absolute atomic E-state index is 10.5. The van der Waals surface area contributed by atoms with Crippen molar-refractivity contribution in [3.63, 3.8) is 0 Å². The van der Waals surface area contributed by atoms with Crippen LogP contribution in [0.1, 0.15) is 58.8 Å². The van der Waals surface area contributed by atoms with Crippen molar-refractivity contribution in [2.75, 3.05) is 6.61 Å². The maximum Gasteiger partial charge on any atom is 0.0697 e. The van der Waals surface area contributed by atoms with Crippen LogP contribution in [0.3, 0.4) is 0 Å². The number of aliphatic hydroxyl groups is 1. The minimum atomic E-state index is -0.439. The molecule has 1 aliphatic carbocycles. The molecule has 2 aliphatic rings. The smallest absolute Gasteiger partial charge is 0.0697 e. The Morgan fingerprint density at radius 1 is 1.40 bits per heavy atom. The summed E-state index contributed by atoms with van der Waals surface area (Å²) in [5.74, 6) is 0.921. The van der Waals surface area contributed by atoms with E-state index in [0.29, 0.717) is 0 Å². The molecule has 1 aliphatic heterocycles. The zero-order valence-corrected chi connectivity index (χ0v) is 10.1. The summed E-state index contributed by atoms with van der Waals surface area (Å²) < 4.78 is 5.77. The van der Waals surface area contributed by atoms with Crippen LogP contribution in [0.15, 0.2) is 0 Å². The minimum Gasteiger partial charge on any atom is -0.390 e. The summed E-state index contributed by atoms with van der Waals surface area (Å²) in [6.45, 7) is 5.01. The van der Waals surface area contributed by atoms with Crippen molar-refractivity contribution < 1.29 is 9.84 Å². The van der Waals surface area contributed by atoms with E-state index >= 15 is 0 Å². The van der Waals surface area contributed by atoms with Crippen molar-refractivity contribution in [3.05, 3.63) is 0 Å². The van der Waals surface area contributed by atoms with Gasteiger partial charge in [-0.05, 0) is 38.5 Å². The third-order valence-corrected chi connectivity index (χ3v) is 4.18. The molecule has 0 bridgehead atoms. The summed E-state index contributed by atoms with van der Waals surface area (Å²) in [6, 6.07) is 0. The zero-order chi connectivity index (χ0) is 10.9. The molecule has 0 amide bonds. The van der Waals surface area contributed by atoms with Crippen molar-refractivity contribution in [1.29, 1.82) is 0 Å². The summed E-state index contributed by atoms with van der Waals surface area (Å²) in [5, 5.41) is 10.5. The first kappa shape index (κ1) is 11.4. The quantitative estimate of drug-likeness (QED) is 0.776. The Bertz CT molecular complexity index is 225. The molecule has 0 spiro atoms. The van der Waals surface area contributed by atoms with Crippen LogP contribution in [0.2, 0.25) is 0 Å². The van der Waals surface area contributed by atoms with Gasteiger partial charge >= 0.3 is 0 Å². The van der Waals surface area contributed by atoms with E-state index in [9.17, 15) is 5.11 Å². The SMILES string of the molecule is CCC1(C)CC(O)(CCC2CC2)CCO1. The summed E-state index contributed by atoms with van der Waals surface area (Å²) in [5.41, 5.74) is -0.526. The Hall–Kier alpha value is -0.0800. The first-order valence-electron chi connectivity index (χ1n) is 6.42. The van der Waals surface area contributed by atoms with E-state index in [-0.39, 0.29) is 5.60 Å². The van der Waals surface area contributed by atoms with Crippen LogP contribution in [0.4, 0.5) is 0 Å². The van der Waals surface area contributed by atoms with E-state index in [2.05, 4.69) is 13.8 Å². The highest BCUT2D eigenvalue weighted by Crippen LogP contribution is 2.41. The van der Waals surface area contributed by atoms with Crippen molar-refractivity contribution in [2.24, 2.45) is 5.92 Å². The third kappa shape index (κ3) is 2.94. The molecule has 2 fully saturated rings. The molecule has 0 aromatic heterocycles. The lowest BCUT2D eigenvalue weighted by Gasteiger charge is -2.43. The molecule has 0 radical (unpaired) electrons. The average Bonchev–Trinajstić information content (AvgIpc) is 2.98. The van der Waals surface area contributed by atoms with E-state index in [1.54, 1.807) is 0 Å². The molecule has 1 heterocycles. The Morgan fingerprint density at radius 2 is 2.13 bits per heavy atom. The fourth-order valence-electron chi connectivity index (χ4n) is 2.64. The van der Waals surface area contributed by atoms with Gasteiger partial charge in [-0.15, -0.1) is 0 Å². The molecule has 2 nitrogen and oxygen atoms in total. The molecule has 2 unspecified atom stereocenters. The van der Waals surface area contributed by atoms with Gasteiger partial charge in [-0.2, -0.15) is 0 Å². The summed E-state index contributed by atoms with van der Waals surface area (Å²) in [4.78, 5) is 0. The van der Waals surface area contributed by atoms with Gasteiger partial charge in [-0.3, -0.25) is 0 Å². The normalized spacial score (nSPS) is 41.8. The Kier molecular flexibility index (Phi) is 3.09. The van der Waals surface area contributed by atoms with Crippen molar-refractivity contribution in [2.45, 2.75) is 70.0 Å². The van der Waals surface area contributed by atoms with Crippen LogP contribution in [-0.2, 0) is 4.74 Å². The summed E-state index contributed by atoms with van der Waals surface area (Å²) in [7, 11) is 0. The molecule has 0 aromatic rings. The predicted molar refractivity (Wildman–Crippen MR) is 60.8 cm³/mol. The fourth-order valence-corrected chi connectivity index (χ4v) is 2.64. The van der Waals surface area contributed by atoms with E-state index in [1.165, 1.54) is 19.3 Å². The second kappa shape index (κ2) is 4.06. The molecular weight excluding hydrogens is 188 g/mol. The van der Waals surface area contributed by atoms with Crippen LogP contribution >= 0.6 is 0 Å². The van der Waals surface area contributed by atoms with E-state index in [1.807, 2.05) is 0 Å². The van der Waals surface area contributed by atoms with Gasteiger partial charge in [0.05, 0.1) is 17.8 Å². The second-order valence-electron chi connectivity index (χ2n) is 5.79. The summed E-state index contributed by atoms with van der Waals surface area (Å²) >= 11 is 0. The number of hydrogen-bond acceptors (Lipinski definition) is 2. The maximum atomic E-state index is 10.5.